The van der Waals surface area contributed by atoms with Gasteiger partial charge in [-0.25, -0.2) is 0 Å². The number of benzene rings is 3. The molecular weight excluding hydrogens is 404 g/mol. The molecule has 0 saturated heterocycles. The number of nitrogens with one attached hydrogen (secondary N) is 2. The molecule has 0 saturated carbocycles. The molecule has 0 radical (unpaired) electrons. The van der Waals surface area contributed by atoms with Gasteiger partial charge in [-0.2, -0.15) is 0 Å². The topological polar surface area (TPSA) is 76.7 Å². The number of carbonyl (C=O) groups excluding carboxylic acids is 2. The summed E-state index contributed by atoms with van der Waals surface area (Å²) in [4.78, 5) is 24.5. The Morgan fingerprint density at radius 2 is 1.57 bits per heavy atom. The van der Waals surface area contributed by atoms with Gasteiger partial charge in [0.1, 0.15) is 11.5 Å². The van der Waals surface area contributed by atoms with Crippen molar-refractivity contribution >= 4 is 34.8 Å². The number of hydrogen-bond acceptors (Lipinski definition) is 4. The summed E-state index contributed by atoms with van der Waals surface area (Å²) in [5, 5.41) is 6.14. The van der Waals surface area contributed by atoms with E-state index < -0.39 is 0 Å². The van der Waals surface area contributed by atoms with E-state index in [1.165, 1.54) is 0 Å². The molecule has 0 aliphatic rings. The molecular formula is C23H21ClN2O4. The van der Waals surface area contributed by atoms with Gasteiger partial charge >= 0.3 is 0 Å². The first-order valence-electron chi connectivity index (χ1n) is 9.36. The summed E-state index contributed by atoms with van der Waals surface area (Å²) in [5.41, 5.74) is 1.69. The number of halogens is 1. The molecule has 0 unspecified atom stereocenters. The zero-order chi connectivity index (χ0) is 21.3. The summed E-state index contributed by atoms with van der Waals surface area (Å²) < 4.78 is 11.0. The molecule has 0 bridgehead atoms. The van der Waals surface area contributed by atoms with Gasteiger partial charge in [-0.1, -0.05) is 23.7 Å². The lowest BCUT2D eigenvalue weighted by Crippen LogP contribution is -2.20. The lowest BCUT2D eigenvalue weighted by Gasteiger charge is -2.11. The molecule has 0 aromatic heterocycles. The first-order chi connectivity index (χ1) is 14.5. The quantitative estimate of drug-likeness (QED) is 0.533. The normalized spacial score (nSPS) is 10.2. The van der Waals surface area contributed by atoms with Gasteiger partial charge in [-0.05, 0) is 67.6 Å². The SMILES string of the molecule is CCOc1ccccc1NC(=O)c1ccc(OCC(=O)Nc2ccc(Cl)cc2)cc1. The Balaban J connectivity index is 1.53. The van der Waals surface area contributed by atoms with Crippen LogP contribution in [0.15, 0.2) is 72.8 Å². The summed E-state index contributed by atoms with van der Waals surface area (Å²) in [6, 6.07) is 20.6. The summed E-state index contributed by atoms with van der Waals surface area (Å²) in [5.74, 6) is 0.522. The van der Waals surface area contributed by atoms with Crippen LogP contribution in [0.5, 0.6) is 11.5 Å². The van der Waals surface area contributed by atoms with Crippen LogP contribution in [-0.2, 0) is 4.79 Å². The van der Waals surface area contributed by atoms with E-state index >= 15 is 0 Å². The van der Waals surface area contributed by atoms with Crippen molar-refractivity contribution in [2.24, 2.45) is 0 Å². The van der Waals surface area contributed by atoms with Crippen LogP contribution in [0.25, 0.3) is 0 Å². The largest absolute Gasteiger partial charge is 0.492 e. The third kappa shape index (κ3) is 5.99. The van der Waals surface area contributed by atoms with E-state index in [0.29, 0.717) is 40.1 Å². The van der Waals surface area contributed by atoms with Crippen molar-refractivity contribution in [1.29, 1.82) is 0 Å². The molecule has 0 aliphatic carbocycles. The maximum absolute atomic E-state index is 12.5. The average molecular weight is 425 g/mol. The van der Waals surface area contributed by atoms with Gasteiger partial charge in [0.15, 0.2) is 6.61 Å². The molecule has 3 aromatic rings. The number of para-hydroxylation sites is 2. The maximum atomic E-state index is 12.5. The van der Waals surface area contributed by atoms with E-state index in [0.717, 1.165) is 0 Å². The highest BCUT2D eigenvalue weighted by Gasteiger charge is 2.10. The molecule has 0 fully saturated rings. The molecule has 0 aliphatic heterocycles. The van der Waals surface area contributed by atoms with Gasteiger partial charge in [0.05, 0.1) is 12.3 Å². The Morgan fingerprint density at radius 1 is 0.867 bits per heavy atom. The van der Waals surface area contributed by atoms with E-state index in [4.69, 9.17) is 21.1 Å². The molecule has 3 rings (SSSR count). The first-order valence-corrected chi connectivity index (χ1v) is 9.74. The number of anilines is 2. The summed E-state index contributed by atoms with van der Waals surface area (Å²) in [6.45, 7) is 2.23. The molecule has 154 valence electrons. The second-order valence-electron chi connectivity index (χ2n) is 6.25. The fraction of sp³-hybridized carbons (Fsp3) is 0.130. The zero-order valence-corrected chi connectivity index (χ0v) is 17.1. The fourth-order valence-electron chi connectivity index (χ4n) is 2.63. The Bertz CT molecular complexity index is 1000. The highest BCUT2D eigenvalue weighted by molar-refractivity contribution is 6.30. The van der Waals surface area contributed by atoms with Crippen LogP contribution in [0.2, 0.25) is 5.02 Å². The smallest absolute Gasteiger partial charge is 0.262 e. The predicted molar refractivity (Wildman–Crippen MR) is 118 cm³/mol. The van der Waals surface area contributed by atoms with Gasteiger partial charge in [0.2, 0.25) is 0 Å². The number of ether oxygens (including phenoxy) is 2. The summed E-state index contributed by atoms with van der Waals surface area (Å²) in [6.07, 6.45) is 0. The van der Waals surface area contributed by atoms with Crippen molar-refractivity contribution in [2.75, 3.05) is 23.8 Å². The van der Waals surface area contributed by atoms with Crippen molar-refractivity contribution < 1.29 is 19.1 Å². The Kier molecular flexibility index (Phi) is 7.29. The number of amides is 2. The van der Waals surface area contributed by atoms with Crippen LogP contribution in [0.3, 0.4) is 0 Å². The van der Waals surface area contributed by atoms with Gasteiger partial charge in [0.25, 0.3) is 11.8 Å². The number of carbonyl (C=O) groups is 2. The lowest BCUT2D eigenvalue weighted by molar-refractivity contribution is -0.118. The Labute approximate surface area is 179 Å². The van der Waals surface area contributed by atoms with E-state index in [1.807, 2.05) is 19.1 Å². The standard InChI is InChI=1S/C23H21ClN2O4/c1-2-29-21-6-4-3-5-20(21)26-23(28)16-7-13-19(14-8-16)30-15-22(27)25-18-11-9-17(24)10-12-18/h3-14H,2,15H2,1H3,(H,25,27)(H,26,28). The highest BCUT2D eigenvalue weighted by Crippen LogP contribution is 2.24. The molecule has 0 spiro atoms. The van der Waals surface area contributed by atoms with Gasteiger partial charge < -0.3 is 20.1 Å². The van der Waals surface area contributed by atoms with E-state index in [-0.39, 0.29) is 18.4 Å². The van der Waals surface area contributed by atoms with E-state index in [1.54, 1.807) is 60.7 Å². The predicted octanol–water partition coefficient (Wildman–Crippen LogP) is 5.01. The third-order valence-electron chi connectivity index (χ3n) is 4.05. The zero-order valence-electron chi connectivity index (χ0n) is 16.4. The Hall–Kier alpha value is -3.51. The van der Waals surface area contributed by atoms with Crippen molar-refractivity contribution in [2.45, 2.75) is 6.92 Å². The summed E-state index contributed by atoms with van der Waals surface area (Å²) >= 11 is 5.82. The number of hydrogen-bond donors (Lipinski definition) is 2. The van der Waals surface area contributed by atoms with Crippen LogP contribution in [0.1, 0.15) is 17.3 Å². The minimum atomic E-state index is -0.299. The molecule has 0 atom stereocenters. The summed E-state index contributed by atoms with van der Waals surface area (Å²) in [7, 11) is 0. The van der Waals surface area contributed by atoms with Gasteiger partial charge in [-0.15, -0.1) is 0 Å². The molecule has 30 heavy (non-hydrogen) atoms. The van der Waals surface area contributed by atoms with E-state index in [2.05, 4.69) is 10.6 Å². The monoisotopic (exact) mass is 424 g/mol. The molecule has 2 amide bonds. The molecule has 2 N–H and O–H groups in total. The number of rotatable bonds is 8. The van der Waals surface area contributed by atoms with Crippen LogP contribution in [-0.4, -0.2) is 25.0 Å². The minimum absolute atomic E-state index is 0.157. The van der Waals surface area contributed by atoms with E-state index in [9.17, 15) is 9.59 Å². The molecule has 3 aromatic carbocycles. The van der Waals surface area contributed by atoms with Crippen LogP contribution in [0.4, 0.5) is 11.4 Å². The molecule has 6 nitrogen and oxygen atoms in total. The first kappa shape index (κ1) is 21.2. The lowest BCUT2D eigenvalue weighted by atomic mass is 10.2. The minimum Gasteiger partial charge on any atom is -0.492 e. The van der Waals surface area contributed by atoms with Crippen LogP contribution < -0.4 is 20.1 Å². The highest BCUT2D eigenvalue weighted by atomic mass is 35.5. The van der Waals surface area contributed by atoms with Crippen LogP contribution >= 0.6 is 11.6 Å². The second-order valence-corrected chi connectivity index (χ2v) is 6.69. The van der Waals surface area contributed by atoms with Crippen molar-refractivity contribution in [3.63, 3.8) is 0 Å². The Morgan fingerprint density at radius 3 is 2.27 bits per heavy atom. The second kappa shape index (κ2) is 10.3. The van der Waals surface area contributed by atoms with Crippen molar-refractivity contribution in [3.05, 3.63) is 83.4 Å². The van der Waals surface area contributed by atoms with Crippen molar-refractivity contribution in [1.82, 2.24) is 0 Å². The van der Waals surface area contributed by atoms with Crippen LogP contribution in [0, 0.1) is 0 Å². The van der Waals surface area contributed by atoms with Crippen molar-refractivity contribution in [3.8, 4) is 11.5 Å². The molecule has 7 heteroatoms. The van der Waals surface area contributed by atoms with Gasteiger partial charge in [0, 0.05) is 16.3 Å². The average Bonchev–Trinajstić information content (AvgIpc) is 2.76. The molecule has 0 heterocycles. The maximum Gasteiger partial charge on any atom is 0.262 e. The third-order valence-corrected chi connectivity index (χ3v) is 4.30. The van der Waals surface area contributed by atoms with Gasteiger partial charge in [-0.3, -0.25) is 9.59 Å². The fourth-order valence-corrected chi connectivity index (χ4v) is 2.75.